The van der Waals surface area contributed by atoms with E-state index < -0.39 is 9.84 Å². The van der Waals surface area contributed by atoms with Crippen molar-refractivity contribution < 1.29 is 13.2 Å². The van der Waals surface area contributed by atoms with Crippen molar-refractivity contribution in [2.45, 2.75) is 50.3 Å². The third-order valence-electron chi connectivity index (χ3n) is 5.07. The number of fused-ring (bicyclic) bond motifs is 2. The highest BCUT2D eigenvalue weighted by Crippen LogP contribution is 2.44. The number of allylic oxidation sites excluding steroid dienone is 4. The Hall–Kier alpha value is -3.14. The molecular weight excluding hydrogens is 418 g/mol. The van der Waals surface area contributed by atoms with Crippen LogP contribution in [0.1, 0.15) is 39.7 Å². The van der Waals surface area contributed by atoms with Crippen LogP contribution in [0.5, 0.6) is 0 Å². The summed E-state index contributed by atoms with van der Waals surface area (Å²) in [5.41, 5.74) is 5.27. The molecule has 0 spiro atoms. The summed E-state index contributed by atoms with van der Waals surface area (Å²) >= 11 is 0. The Labute approximate surface area is 191 Å². The number of benzene rings is 2. The molecule has 0 fully saturated rings. The molecule has 4 nitrogen and oxygen atoms in total. The van der Waals surface area contributed by atoms with Crippen LogP contribution in [-0.4, -0.2) is 14.3 Å². The Morgan fingerprint density at radius 2 is 1.75 bits per heavy atom. The molecule has 2 aromatic carbocycles. The first-order valence-electron chi connectivity index (χ1n) is 10.6. The topological polar surface area (TPSA) is 54.5 Å². The normalized spacial score (nSPS) is 14.8. The van der Waals surface area contributed by atoms with Gasteiger partial charge < -0.3 is 0 Å². The van der Waals surface area contributed by atoms with Crippen LogP contribution in [-0.2, 0) is 21.1 Å². The number of para-hydroxylation sites is 1. The van der Waals surface area contributed by atoms with Crippen LogP contribution >= 0.6 is 0 Å². The molecule has 0 aromatic heterocycles. The van der Waals surface area contributed by atoms with E-state index in [1.165, 1.54) is 11.0 Å². The molecule has 3 rings (SSSR count). The van der Waals surface area contributed by atoms with E-state index in [0.717, 1.165) is 17.6 Å². The fourth-order valence-electron chi connectivity index (χ4n) is 3.49. The van der Waals surface area contributed by atoms with Crippen molar-refractivity contribution in [3.05, 3.63) is 90.2 Å². The molecule has 1 amide bonds. The van der Waals surface area contributed by atoms with Crippen molar-refractivity contribution in [3.63, 3.8) is 0 Å². The highest BCUT2D eigenvalue weighted by molar-refractivity contribution is 7.92. The second-order valence-electron chi connectivity index (χ2n) is 8.84. The number of hydrogen-bond donors (Lipinski definition) is 0. The third-order valence-corrected chi connectivity index (χ3v) is 6.92. The van der Waals surface area contributed by atoms with Crippen molar-refractivity contribution in [2.24, 2.45) is 5.41 Å². The lowest BCUT2D eigenvalue weighted by Gasteiger charge is -2.31. The van der Waals surface area contributed by atoms with Crippen LogP contribution in [0.15, 0.2) is 94.4 Å². The lowest BCUT2D eigenvalue weighted by Crippen LogP contribution is -2.31. The fraction of sp³-hybridized carbons (Fsp3) is 0.259. The summed E-state index contributed by atoms with van der Waals surface area (Å²) < 4.78 is 26.6. The number of rotatable bonds is 5. The third kappa shape index (κ3) is 4.85. The smallest absolute Gasteiger partial charge is 0.255 e. The molecule has 0 atom stereocenters. The van der Waals surface area contributed by atoms with Gasteiger partial charge in [0.1, 0.15) is 0 Å². The van der Waals surface area contributed by atoms with Crippen LogP contribution in [0.25, 0.3) is 0 Å². The van der Waals surface area contributed by atoms with Gasteiger partial charge in [-0.15, -0.1) is 5.73 Å². The molecule has 0 aliphatic carbocycles. The molecule has 0 N–H and O–H groups in total. The Morgan fingerprint density at radius 3 is 2.41 bits per heavy atom. The van der Waals surface area contributed by atoms with Crippen molar-refractivity contribution >= 4 is 27.1 Å². The van der Waals surface area contributed by atoms with Gasteiger partial charge in [-0.1, -0.05) is 70.7 Å². The molecule has 2 aromatic rings. The van der Waals surface area contributed by atoms with Crippen LogP contribution in [0, 0.1) is 5.41 Å². The fourth-order valence-corrected chi connectivity index (χ4v) is 5.09. The highest BCUT2D eigenvalue weighted by atomic mass is 32.2. The van der Waals surface area contributed by atoms with Gasteiger partial charge >= 0.3 is 0 Å². The lowest BCUT2D eigenvalue weighted by molar-refractivity contribution is -0.113. The predicted molar refractivity (Wildman–Crippen MR) is 130 cm³/mol. The van der Waals surface area contributed by atoms with Gasteiger partial charge in [0.2, 0.25) is 9.84 Å². The highest BCUT2D eigenvalue weighted by Gasteiger charge is 2.36. The van der Waals surface area contributed by atoms with Gasteiger partial charge in [-0.25, -0.2) is 8.42 Å². The number of amides is 1. The lowest BCUT2D eigenvalue weighted by atomic mass is 9.96. The van der Waals surface area contributed by atoms with E-state index in [1.807, 2.05) is 45.9 Å². The molecule has 1 aliphatic heterocycles. The minimum absolute atomic E-state index is 0.130. The summed E-state index contributed by atoms with van der Waals surface area (Å²) in [5.74, 6) is -0.286. The largest absolute Gasteiger partial charge is 0.275 e. The van der Waals surface area contributed by atoms with Crippen molar-refractivity contribution in [3.8, 4) is 0 Å². The van der Waals surface area contributed by atoms with E-state index in [2.05, 4.69) is 12.3 Å². The van der Waals surface area contributed by atoms with Crippen molar-refractivity contribution in [1.29, 1.82) is 0 Å². The zero-order valence-corrected chi connectivity index (χ0v) is 19.9. The van der Waals surface area contributed by atoms with Gasteiger partial charge in [0.25, 0.3) is 5.91 Å². The van der Waals surface area contributed by atoms with Gasteiger partial charge in [-0.3, -0.25) is 9.69 Å². The molecule has 1 aliphatic rings. The van der Waals surface area contributed by atoms with E-state index >= 15 is 0 Å². The molecule has 0 unspecified atom stereocenters. The Morgan fingerprint density at radius 1 is 1.06 bits per heavy atom. The van der Waals surface area contributed by atoms with Gasteiger partial charge in [0.05, 0.1) is 21.2 Å². The number of hydrogen-bond acceptors (Lipinski definition) is 3. The zero-order valence-electron chi connectivity index (χ0n) is 19.1. The van der Waals surface area contributed by atoms with Gasteiger partial charge in [-0.05, 0) is 47.2 Å². The summed E-state index contributed by atoms with van der Waals surface area (Å²) in [4.78, 5) is 15.1. The second kappa shape index (κ2) is 9.15. The average Bonchev–Trinajstić information content (AvgIpc) is 2.74. The van der Waals surface area contributed by atoms with Crippen LogP contribution in [0.2, 0.25) is 0 Å². The molecule has 0 saturated carbocycles. The Kier molecular flexibility index (Phi) is 6.73. The van der Waals surface area contributed by atoms with E-state index in [4.69, 9.17) is 0 Å². The monoisotopic (exact) mass is 447 g/mol. The maximum atomic E-state index is 13.3. The summed E-state index contributed by atoms with van der Waals surface area (Å²) in [6, 6.07) is 11.8. The first-order valence-corrected chi connectivity index (χ1v) is 12.1. The zero-order chi connectivity index (χ0) is 23.5. The number of sulfone groups is 1. The van der Waals surface area contributed by atoms with Crippen molar-refractivity contribution in [2.75, 3.05) is 4.90 Å². The Balaban J connectivity index is 2.17. The predicted octanol–water partition coefficient (Wildman–Crippen LogP) is 6.32. The minimum atomic E-state index is -3.74. The van der Waals surface area contributed by atoms with Crippen LogP contribution in [0.3, 0.4) is 0 Å². The second-order valence-corrected chi connectivity index (χ2v) is 10.7. The molecule has 0 saturated heterocycles. The minimum Gasteiger partial charge on any atom is -0.275 e. The molecule has 5 heteroatoms. The van der Waals surface area contributed by atoms with Gasteiger partial charge in [0.15, 0.2) is 0 Å². The van der Waals surface area contributed by atoms with Gasteiger partial charge in [-0.2, -0.15) is 0 Å². The number of carbonyl (C=O) groups is 1. The summed E-state index contributed by atoms with van der Waals surface area (Å²) in [6.07, 6.45) is 8.78. The number of anilines is 2. The molecule has 0 radical (unpaired) electrons. The Bertz CT molecular complexity index is 1250. The number of nitrogens with zero attached hydrogens (tertiary/aromatic N) is 1. The first kappa shape index (κ1) is 23.5. The van der Waals surface area contributed by atoms with Crippen LogP contribution in [0.4, 0.5) is 11.4 Å². The molecule has 166 valence electrons. The molecule has 0 bridgehead atoms. The summed E-state index contributed by atoms with van der Waals surface area (Å²) in [7, 11) is -3.74. The van der Waals surface area contributed by atoms with E-state index in [1.54, 1.807) is 42.5 Å². The molecule has 32 heavy (non-hydrogen) atoms. The summed E-state index contributed by atoms with van der Waals surface area (Å²) in [6.45, 7) is 11.8. The molecule has 1 heterocycles. The SMILES string of the molecule is C=C=C(/C=C\CC)Cc1ccc2c(c1)N(C(=O)/C=C\C(C)(C)C)c1ccccc1S2(=O)=O. The number of carbonyl (C=O) groups excluding carboxylic acids is 1. The molecular formula is C27H29NO3S. The van der Waals surface area contributed by atoms with E-state index in [0.29, 0.717) is 17.8 Å². The van der Waals surface area contributed by atoms with E-state index in [-0.39, 0.29) is 21.1 Å². The maximum Gasteiger partial charge on any atom is 0.255 e. The quantitative estimate of drug-likeness (QED) is 0.306. The van der Waals surface area contributed by atoms with Crippen molar-refractivity contribution in [1.82, 2.24) is 0 Å². The van der Waals surface area contributed by atoms with Gasteiger partial charge in [0, 0.05) is 12.5 Å². The van der Waals surface area contributed by atoms with E-state index in [9.17, 15) is 13.2 Å². The average molecular weight is 448 g/mol. The summed E-state index contributed by atoms with van der Waals surface area (Å²) in [5, 5.41) is 0. The maximum absolute atomic E-state index is 13.3. The standard InChI is InChI=1S/C27H29NO3S/c1-6-8-11-20(7-2)18-21-14-15-25-23(19-21)28(26(29)16-17-27(3,4)5)22-12-9-10-13-24(22)32(25,30)31/h8-17,19H,2,6,18H2,1,3-5H3/b11-8-,17-16-. The van der Waals surface area contributed by atoms with Crippen LogP contribution < -0.4 is 4.90 Å². The first-order chi connectivity index (χ1) is 15.1.